The summed E-state index contributed by atoms with van der Waals surface area (Å²) in [5.41, 5.74) is 62.2. The molecule has 0 saturated heterocycles. The third-order valence-electron chi connectivity index (χ3n) is 35.8. The first kappa shape index (κ1) is 95.8. The molecule has 3 spiro atoms. The molecule has 0 radical (unpaired) electrons. The topological polar surface area (TPSA) is 0 Å². The van der Waals surface area contributed by atoms with Gasteiger partial charge < -0.3 is 0 Å². The zero-order valence-electron chi connectivity index (χ0n) is 88.5. The van der Waals surface area contributed by atoms with Gasteiger partial charge >= 0.3 is 0 Å². The Morgan fingerprint density at radius 3 is 0.828 bits per heavy atom. The van der Waals surface area contributed by atoms with Crippen LogP contribution >= 0.6 is 0 Å². The second-order valence-electron chi connectivity index (χ2n) is 44.8. The van der Waals surface area contributed by atoms with E-state index in [0.717, 1.165) is 0 Å². The van der Waals surface area contributed by atoms with Crippen LogP contribution in [0.5, 0.6) is 0 Å². The molecule has 18 aromatic carbocycles. The maximum absolute atomic E-state index is 2.45. The van der Waals surface area contributed by atoms with Crippen LogP contribution in [0.25, 0.3) is 100 Å². The van der Waals surface area contributed by atoms with Gasteiger partial charge in [-0.2, -0.15) is 0 Å². The summed E-state index contributed by atoms with van der Waals surface area (Å²) in [5.74, 6) is 1.29. The van der Waals surface area contributed by atoms with Crippen LogP contribution < -0.4 is 0 Å². The first-order valence-electron chi connectivity index (χ1n) is 54.3. The average molecular weight is 1880 g/mol. The van der Waals surface area contributed by atoms with E-state index in [0.29, 0.717) is 17.3 Å². The molecule has 0 aliphatic heterocycles. The minimum Gasteiger partial charge on any atom is -0.0653 e. The molecule has 0 N–H and O–H groups in total. The number of aryl methyl sites for hydroxylation is 7. The number of benzene rings is 18. The molecule has 2 atom stereocenters. The van der Waals surface area contributed by atoms with Crippen LogP contribution in [0.1, 0.15) is 279 Å². The van der Waals surface area contributed by atoms with Crippen LogP contribution in [0.15, 0.2) is 394 Å². The first-order chi connectivity index (χ1) is 70.4. The first-order valence-corrected chi connectivity index (χ1v) is 54.3. The maximum atomic E-state index is 2.45. The molecule has 720 valence electrons. The minimum absolute atomic E-state index is 0.151. The standard InChI is InChI=1S/2C26H18.C22H28.C20H24.C19H20.2C16H16/c1-17-14-15-25-21(16-17)20-10-4-7-13-24(20)26(25)22-11-5-2-8-18(22)19-9-3-6-12-23(19)26;1-17-14-15-21-20-10-4-7-13-24(20)26(25(21)16-17)22-11-5-2-8-18(22)19-9-3-6-12-23(19)26;1-6-16(4)22(17(5)7-2)20-11-9-8-10-18(20)19-13-12-15(3)14-21(19)22;1-4-12-20(13-5-2)18-9-7-6-8-16(18)17-11-10-15(3)14-19(17)20;1-14-9-10-16-15-7-3-4-8-17(15)19(18(16)13-14)11-5-2-6-12-19;1-11-8-9-15-13(10-11)12-6-4-5-7-14(12)16(15,2)3;1-11-8-9-13-12-6-4-5-7-14(12)16(2,3)15(13)10-11/h2*2-16H,1H3;8-14,16-17H,6-7H2,1-5H3;6-11,14H,4-5,12-13H2,1-3H3;3-4,7-10,13H,2,5-6,11-12H2,1H3;2*4-10H,1-3H3. The molecule has 2 unspecified atom stereocenters. The minimum atomic E-state index is -0.189. The second kappa shape index (κ2) is 37.9. The van der Waals surface area contributed by atoms with Crippen LogP contribution in [-0.4, -0.2) is 0 Å². The van der Waals surface area contributed by atoms with Crippen LogP contribution in [0.2, 0.25) is 0 Å². The molecule has 10 aliphatic carbocycles. The van der Waals surface area contributed by atoms with Crippen LogP contribution in [0.3, 0.4) is 0 Å². The molecule has 0 heterocycles. The molecule has 1 fully saturated rings. The van der Waals surface area contributed by atoms with Gasteiger partial charge in [0.05, 0.1) is 10.8 Å². The summed E-state index contributed by atoms with van der Waals surface area (Å²) in [6.45, 7) is 38.8. The summed E-state index contributed by atoms with van der Waals surface area (Å²) in [6, 6.07) is 147. The highest BCUT2D eigenvalue weighted by molar-refractivity contribution is 5.98. The zero-order chi connectivity index (χ0) is 100. The van der Waals surface area contributed by atoms with E-state index in [-0.39, 0.29) is 32.5 Å². The van der Waals surface area contributed by atoms with Gasteiger partial charge in [0, 0.05) is 27.1 Å². The summed E-state index contributed by atoms with van der Waals surface area (Å²) >= 11 is 0. The summed E-state index contributed by atoms with van der Waals surface area (Å²) in [7, 11) is 0. The molecular formula is C145H140. The predicted octanol–water partition coefficient (Wildman–Crippen LogP) is 38.7. The number of rotatable bonds is 8. The van der Waals surface area contributed by atoms with Crippen LogP contribution in [-0.2, 0) is 37.9 Å². The Morgan fingerprint density at radius 1 is 0.193 bits per heavy atom. The molecule has 0 heteroatoms. The lowest BCUT2D eigenvalue weighted by atomic mass is 9.60. The molecule has 1 saturated carbocycles. The van der Waals surface area contributed by atoms with Crippen molar-refractivity contribution in [2.45, 2.75) is 226 Å². The highest BCUT2D eigenvalue weighted by Gasteiger charge is 2.55. The summed E-state index contributed by atoms with van der Waals surface area (Å²) in [4.78, 5) is 0. The molecular weight excluding hydrogens is 1740 g/mol. The lowest BCUT2D eigenvalue weighted by Crippen LogP contribution is -2.39. The second-order valence-corrected chi connectivity index (χ2v) is 44.8. The van der Waals surface area contributed by atoms with Crippen molar-refractivity contribution in [3.63, 3.8) is 0 Å². The van der Waals surface area contributed by atoms with Gasteiger partial charge in [-0.15, -0.1) is 0 Å². The van der Waals surface area contributed by atoms with Crippen molar-refractivity contribution in [2.75, 3.05) is 0 Å². The number of hydrogen-bond acceptors (Lipinski definition) is 0. The Kier molecular flexibility index (Phi) is 25.0. The van der Waals surface area contributed by atoms with Crippen LogP contribution in [0.4, 0.5) is 0 Å². The van der Waals surface area contributed by atoms with E-state index in [1.807, 2.05) is 0 Å². The SMILES string of the molecule is CCC(C)C1(C(C)CC)c2ccccc2-c2ccc(C)cc21.CCCC1(CCC)c2ccccc2-c2ccc(C)cc21.Cc1ccc2c(c1)-c1ccccc1C2(C)C.Cc1ccc2c(c1)-c1ccccc1C21c2ccccc2-c2ccccc21.Cc1ccc2c(c1)C(C)(C)c1ccccc1-2.Cc1ccc2c(c1)C1(CCCCC1)c1ccccc1-2.Cc1ccc2c(c1)C1(c3ccccc3-c3ccccc31)c1ccccc1-2. The molecule has 145 heavy (non-hydrogen) atoms. The van der Waals surface area contributed by atoms with Gasteiger partial charge in [-0.05, 0) is 286 Å². The lowest BCUT2D eigenvalue weighted by molar-refractivity contribution is 0.235. The van der Waals surface area contributed by atoms with Gasteiger partial charge in [0.25, 0.3) is 0 Å². The van der Waals surface area contributed by atoms with Gasteiger partial charge in [0.1, 0.15) is 0 Å². The summed E-state index contributed by atoms with van der Waals surface area (Å²) < 4.78 is 0. The van der Waals surface area contributed by atoms with Crippen molar-refractivity contribution in [3.05, 3.63) is 533 Å². The lowest BCUT2D eigenvalue weighted by Gasteiger charge is -2.43. The fourth-order valence-electron chi connectivity index (χ4n) is 29.1. The fourth-order valence-corrected chi connectivity index (χ4v) is 29.1. The van der Waals surface area contributed by atoms with Gasteiger partial charge in [-0.1, -0.05) is 547 Å². The van der Waals surface area contributed by atoms with E-state index in [1.165, 1.54) is 276 Å². The van der Waals surface area contributed by atoms with Crippen molar-refractivity contribution in [1.29, 1.82) is 0 Å². The van der Waals surface area contributed by atoms with Gasteiger partial charge in [-0.25, -0.2) is 0 Å². The van der Waals surface area contributed by atoms with Gasteiger partial charge in [0.15, 0.2) is 0 Å². The van der Waals surface area contributed by atoms with Crippen LogP contribution in [0, 0.1) is 60.3 Å². The van der Waals surface area contributed by atoms with Crippen molar-refractivity contribution in [1.82, 2.24) is 0 Å². The Balaban J connectivity index is 0.0000000971. The Hall–Kier alpha value is -14.0. The molecule has 0 bridgehead atoms. The zero-order valence-corrected chi connectivity index (χ0v) is 88.5. The molecule has 18 aromatic rings. The number of hydrogen-bond donors (Lipinski definition) is 0. The normalized spacial score (nSPS) is 16.6. The highest BCUT2D eigenvalue weighted by Crippen LogP contribution is 2.67. The van der Waals surface area contributed by atoms with Crippen molar-refractivity contribution in [3.8, 4) is 100 Å². The quantitative estimate of drug-likeness (QED) is 0.142. The van der Waals surface area contributed by atoms with E-state index in [4.69, 9.17) is 0 Å². The van der Waals surface area contributed by atoms with Gasteiger partial charge in [0.2, 0.25) is 0 Å². The number of fused-ring (bicyclic) bond motifs is 37. The average Bonchev–Trinajstić information content (AvgIpc) is 1.52. The molecule has 0 aromatic heterocycles. The third-order valence-corrected chi connectivity index (χ3v) is 35.8. The highest BCUT2D eigenvalue weighted by atomic mass is 14.6. The van der Waals surface area contributed by atoms with Crippen molar-refractivity contribution in [2.24, 2.45) is 11.8 Å². The van der Waals surface area contributed by atoms with Crippen molar-refractivity contribution >= 4 is 0 Å². The Labute approximate surface area is 865 Å². The monoisotopic (exact) mass is 1880 g/mol. The van der Waals surface area contributed by atoms with Gasteiger partial charge in [-0.3, -0.25) is 0 Å². The van der Waals surface area contributed by atoms with E-state index in [2.05, 4.69) is 512 Å². The van der Waals surface area contributed by atoms with E-state index >= 15 is 0 Å². The molecule has 28 rings (SSSR count). The fraction of sp³-hybridized carbons (Fsp3) is 0.255. The molecule has 0 nitrogen and oxygen atoms in total. The maximum Gasteiger partial charge on any atom is 0.0725 e. The Bertz CT molecular complexity index is 7920. The van der Waals surface area contributed by atoms with E-state index < -0.39 is 0 Å². The summed E-state index contributed by atoms with van der Waals surface area (Å²) in [5, 5.41) is 0. The van der Waals surface area contributed by atoms with E-state index in [1.54, 1.807) is 33.4 Å². The third kappa shape index (κ3) is 15.1. The summed E-state index contributed by atoms with van der Waals surface area (Å²) in [6.07, 6.45) is 14.2. The Morgan fingerprint density at radius 2 is 0.421 bits per heavy atom. The molecule has 0 amide bonds. The predicted molar refractivity (Wildman–Crippen MR) is 616 cm³/mol. The molecule has 10 aliphatic rings. The van der Waals surface area contributed by atoms with Crippen molar-refractivity contribution < 1.29 is 0 Å². The largest absolute Gasteiger partial charge is 0.0725 e. The smallest absolute Gasteiger partial charge is 0.0653 e. The van der Waals surface area contributed by atoms with E-state index in [9.17, 15) is 0 Å².